The van der Waals surface area contributed by atoms with E-state index in [1.165, 1.54) is 23.3 Å². The molecule has 1 aliphatic rings. The summed E-state index contributed by atoms with van der Waals surface area (Å²) in [5, 5.41) is 0. The van der Waals surface area contributed by atoms with Crippen LogP contribution in [0.4, 0.5) is 13.2 Å². The third-order valence-electron chi connectivity index (χ3n) is 6.08. The van der Waals surface area contributed by atoms with Crippen LogP contribution in [0.15, 0.2) is 59.0 Å². The van der Waals surface area contributed by atoms with Gasteiger partial charge in [-0.1, -0.05) is 25.1 Å². The molecule has 0 aliphatic carbocycles. The van der Waals surface area contributed by atoms with Gasteiger partial charge in [0.25, 0.3) is 0 Å². The Hall–Kier alpha value is -3.26. The van der Waals surface area contributed by atoms with Crippen LogP contribution in [0, 0.1) is 0 Å². The minimum atomic E-state index is -4.36. The number of esters is 1. The van der Waals surface area contributed by atoms with Crippen molar-refractivity contribution in [2.24, 2.45) is 0 Å². The fourth-order valence-electron chi connectivity index (χ4n) is 4.36. The molecule has 1 aliphatic heterocycles. The van der Waals surface area contributed by atoms with Crippen molar-refractivity contribution in [2.75, 3.05) is 26.3 Å². The number of hydrogen-bond acceptors (Lipinski definition) is 5. The molecule has 8 heteroatoms. The first-order valence-corrected chi connectivity index (χ1v) is 11.6. The second-order valence-electron chi connectivity index (χ2n) is 8.68. The van der Waals surface area contributed by atoms with Gasteiger partial charge in [-0.15, -0.1) is 0 Å². The van der Waals surface area contributed by atoms with Crippen LogP contribution in [0.2, 0.25) is 0 Å². The van der Waals surface area contributed by atoms with Gasteiger partial charge in [-0.25, -0.2) is 4.79 Å². The fraction of sp³-hybridized carbons (Fsp3) is 0.370. The molecule has 2 aromatic carbocycles. The summed E-state index contributed by atoms with van der Waals surface area (Å²) < 4.78 is 54.9. The summed E-state index contributed by atoms with van der Waals surface area (Å²) >= 11 is 0. The molecule has 0 N–H and O–H groups in total. The van der Waals surface area contributed by atoms with Crippen molar-refractivity contribution in [3.8, 4) is 17.1 Å². The van der Waals surface area contributed by atoms with E-state index in [4.69, 9.17) is 13.9 Å². The Labute approximate surface area is 202 Å². The van der Waals surface area contributed by atoms with Gasteiger partial charge in [0.1, 0.15) is 17.3 Å². The van der Waals surface area contributed by atoms with Crippen molar-refractivity contribution in [1.29, 1.82) is 0 Å². The molecule has 1 unspecified atom stereocenters. The topological polar surface area (TPSA) is 51.9 Å². The van der Waals surface area contributed by atoms with Crippen LogP contribution in [0.5, 0.6) is 5.75 Å². The highest BCUT2D eigenvalue weighted by molar-refractivity contribution is 5.71. The molecule has 35 heavy (non-hydrogen) atoms. The summed E-state index contributed by atoms with van der Waals surface area (Å²) in [7, 11) is 0. The number of fused-ring (bicyclic) bond motifs is 1. The maximum atomic E-state index is 12.8. The van der Waals surface area contributed by atoms with E-state index in [0.717, 1.165) is 37.4 Å². The van der Waals surface area contributed by atoms with Crippen molar-refractivity contribution < 1.29 is 31.9 Å². The Morgan fingerprint density at radius 3 is 2.60 bits per heavy atom. The van der Waals surface area contributed by atoms with Crippen LogP contribution in [-0.4, -0.2) is 37.2 Å². The number of benzene rings is 2. The van der Waals surface area contributed by atoms with Crippen molar-refractivity contribution in [2.45, 2.75) is 38.9 Å². The van der Waals surface area contributed by atoms with Crippen LogP contribution in [0.1, 0.15) is 42.2 Å². The van der Waals surface area contributed by atoms with E-state index < -0.39 is 17.7 Å². The highest BCUT2D eigenvalue weighted by atomic mass is 19.4. The third kappa shape index (κ3) is 6.25. The van der Waals surface area contributed by atoms with E-state index in [2.05, 4.69) is 11.8 Å². The number of furan rings is 1. The maximum absolute atomic E-state index is 12.8. The largest absolute Gasteiger partial charge is 0.482 e. The first-order chi connectivity index (χ1) is 16.7. The van der Waals surface area contributed by atoms with Gasteiger partial charge in [-0.05, 0) is 66.8 Å². The molecule has 0 saturated heterocycles. The molecule has 0 radical (unpaired) electrons. The number of alkyl halides is 3. The summed E-state index contributed by atoms with van der Waals surface area (Å²) in [6.45, 7) is 6.37. The maximum Gasteiger partial charge on any atom is 0.416 e. The van der Waals surface area contributed by atoms with E-state index in [0.29, 0.717) is 30.2 Å². The molecule has 0 spiro atoms. The number of carbonyl (C=O) groups is 1. The standard InChI is InChI=1S/C27H28F3NO4/c1-3-33-26(32)17-34-22-9-6-19-12-13-31(15-18(2)24(19)14-22)16-23-10-11-25(35-23)20-4-7-21(8-5-20)27(28,29)30/h4-11,14,18H,3,12-13,15-17H2,1-2H3. The highest BCUT2D eigenvalue weighted by Gasteiger charge is 2.30. The van der Waals surface area contributed by atoms with Gasteiger partial charge in [0.15, 0.2) is 6.61 Å². The molecule has 1 atom stereocenters. The minimum Gasteiger partial charge on any atom is -0.482 e. The Bertz CT molecular complexity index is 1150. The molecular formula is C27H28F3NO4. The Kier molecular flexibility index (Phi) is 7.50. The predicted octanol–water partition coefficient (Wildman–Crippen LogP) is 6.07. The lowest BCUT2D eigenvalue weighted by atomic mass is 9.95. The molecular weight excluding hydrogens is 459 g/mol. The molecule has 3 aromatic rings. The van der Waals surface area contributed by atoms with Crippen molar-refractivity contribution in [3.05, 3.63) is 77.0 Å². The van der Waals surface area contributed by atoms with Gasteiger partial charge in [0.05, 0.1) is 18.7 Å². The summed E-state index contributed by atoms with van der Waals surface area (Å²) in [5.74, 6) is 1.79. The molecule has 0 amide bonds. The molecule has 186 valence electrons. The number of nitrogens with zero attached hydrogens (tertiary/aromatic N) is 1. The smallest absolute Gasteiger partial charge is 0.416 e. The molecule has 2 heterocycles. The van der Waals surface area contributed by atoms with Gasteiger partial charge in [0, 0.05) is 18.7 Å². The second kappa shape index (κ2) is 10.6. The van der Waals surface area contributed by atoms with Crippen LogP contribution in [-0.2, 0) is 28.7 Å². The zero-order chi connectivity index (χ0) is 25.0. The Morgan fingerprint density at radius 2 is 1.89 bits per heavy atom. The van der Waals surface area contributed by atoms with E-state index in [1.807, 2.05) is 24.3 Å². The molecule has 0 bridgehead atoms. The summed E-state index contributed by atoms with van der Waals surface area (Å²) in [4.78, 5) is 13.9. The third-order valence-corrected chi connectivity index (χ3v) is 6.08. The summed E-state index contributed by atoms with van der Waals surface area (Å²) in [5.41, 5.74) is 2.36. The summed E-state index contributed by atoms with van der Waals surface area (Å²) in [6.07, 6.45) is -3.49. The van der Waals surface area contributed by atoms with E-state index in [1.54, 1.807) is 13.0 Å². The summed E-state index contributed by atoms with van der Waals surface area (Å²) in [6, 6.07) is 14.6. The monoisotopic (exact) mass is 487 g/mol. The molecule has 1 aromatic heterocycles. The van der Waals surface area contributed by atoms with Crippen molar-refractivity contribution in [1.82, 2.24) is 4.90 Å². The van der Waals surface area contributed by atoms with Crippen molar-refractivity contribution in [3.63, 3.8) is 0 Å². The quantitative estimate of drug-likeness (QED) is 0.379. The highest BCUT2D eigenvalue weighted by Crippen LogP contribution is 2.32. The van der Waals surface area contributed by atoms with Crippen molar-refractivity contribution >= 4 is 5.97 Å². The van der Waals surface area contributed by atoms with E-state index in [9.17, 15) is 18.0 Å². The fourth-order valence-corrected chi connectivity index (χ4v) is 4.36. The van der Waals surface area contributed by atoms with Crippen LogP contribution < -0.4 is 4.74 Å². The van der Waals surface area contributed by atoms with Crippen LogP contribution >= 0.6 is 0 Å². The average Bonchev–Trinajstić information content (AvgIpc) is 3.23. The van der Waals surface area contributed by atoms with Crippen LogP contribution in [0.25, 0.3) is 11.3 Å². The Balaban J connectivity index is 1.39. The zero-order valence-corrected chi connectivity index (χ0v) is 19.7. The average molecular weight is 488 g/mol. The van der Waals surface area contributed by atoms with Crippen LogP contribution in [0.3, 0.4) is 0 Å². The molecule has 5 nitrogen and oxygen atoms in total. The minimum absolute atomic E-state index is 0.118. The molecule has 0 saturated carbocycles. The van der Waals surface area contributed by atoms with Gasteiger partial charge < -0.3 is 13.9 Å². The van der Waals surface area contributed by atoms with Gasteiger partial charge in [-0.2, -0.15) is 13.2 Å². The Morgan fingerprint density at radius 1 is 1.11 bits per heavy atom. The predicted molar refractivity (Wildman–Crippen MR) is 125 cm³/mol. The number of carbonyl (C=O) groups excluding carboxylic acids is 1. The van der Waals surface area contributed by atoms with Gasteiger partial charge in [0.2, 0.25) is 0 Å². The lowest BCUT2D eigenvalue weighted by Gasteiger charge is -2.21. The van der Waals surface area contributed by atoms with E-state index >= 15 is 0 Å². The molecule has 4 rings (SSSR count). The number of halogens is 3. The second-order valence-corrected chi connectivity index (χ2v) is 8.68. The molecule has 0 fully saturated rings. The zero-order valence-electron chi connectivity index (χ0n) is 19.7. The lowest BCUT2D eigenvalue weighted by molar-refractivity contribution is -0.145. The number of ether oxygens (including phenoxy) is 2. The number of rotatable bonds is 7. The first-order valence-electron chi connectivity index (χ1n) is 11.6. The SMILES string of the molecule is CCOC(=O)COc1ccc2c(c1)C(C)CN(Cc1ccc(-c3ccc(C(F)(F)F)cc3)o1)CC2. The van der Waals surface area contributed by atoms with Gasteiger partial charge >= 0.3 is 12.1 Å². The van der Waals surface area contributed by atoms with Gasteiger partial charge in [-0.3, -0.25) is 4.90 Å². The lowest BCUT2D eigenvalue weighted by Crippen LogP contribution is -2.27. The van der Waals surface area contributed by atoms with E-state index in [-0.39, 0.29) is 12.5 Å². The number of hydrogen-bond donors (Lipinski definition) is 0. The first kappa shape index (κ1) is 24.9. The normalized spacial score (nSPS) is 16.4.